The Morgan fingerprint density at radius 2 is 0.964 bits per heavy atom. The van der Waals surface area contributed by atoms with E-state index < -0.39 is 11.9 Å². The number of fused-ring (bicyclic) bond motifs is 2. The van der Waals surface area contributed by atoms with Crippen LogP contribution in [0.1, 0.15) is 21.0 Å². The fourth-order valence-electron chi connectivity index (χ4n) is 2.36. The maximum atomic E-state index is 10.5. The first-order chi connectivity index (χ1) is 12.5. The summed E-state index contributed by atoms with van der Waals surface area (Å²) in [6.07, 6.45) is 0. The number of carboxylic acids is 2. The zero-order valence-corrected chi connectivity index (χ0v) is 17.8. The molecule has 0 aliphatic heterocycles. The molecule has 0 spiro atoms. The van der Waals surface area contributed by atoms with Crippen molar-refractivity contribution in [2.75, 3.05) is 0 Å². The van der Waals surface area contributed by atoms with Gasteiger partial charge in [0, 0.05) is 10.8 Å². The van der Waals surface area contributed by atoms with E-state index in [2.05, 4.69) is 9.97 Å². The van der Waals surface area contributed by atoms with Crippen LogP contribution in [0.25, 0.3) is 21.8 Å². The number of aromatic carboxylic acids is 2. The van der Waals surface area contributed by atoms with Crippen molar-refractivity contribution >= 4 is 33.7 Å². The van der Waals surface area contributed by atoms with Gasteiger partial charge < -0.3 is 26.0 Å². The number of hydrogen-bond donors (Lipinski definition) is 1. The van der Waals surface area contributed by atoms with Crippen molar-refractivity contribution in [2.24, 2.45) is 0 Å². The van der Waals surface area contributed by atoms with Crippen LogP contribution < -0.4 is 16.4 Å². The topological polar surface area (TPSA) is 141 Å². The van der Waals surface area contributed by atoms with E-state index in [4.69, 9.17) is 0 Å². The molecule has 28 heavy (non-hydrogen) atoms. The maximum Gasteiger partial charge on any atom is 2.00 e. The van der Waals surface area contributed by atoms with E-state index in [1.807, 2.05) is 36.4 Å². The number of carbonyl (C=O) groups excluding carboxylic acids is 2. The standard InChI is InChI=1S/2C10H7NO2.H3N.Zn/c2*12-10(13)9-6-5-7-3-1-2-4-8(7)11-9;;/h2*1-6H,(H,12,13);1H3;/q;;;+2/p-2. The van der Waals surface area contributed by atoms with Gasteiger partial charge in [0.15, 0.2) is 0 Å². The van der Waals surface area contributed by atoms with Crippen LogP contribution >= 0.6 is 0 Å². The van der Waals surface area contributed by atoms with E-state index >= 15 is 0 Å². The van der Waals surface area contributed by atoms with Gasteiger partial charge in [0.25, 0.3) is 0 Å². The fraction of sp³-hybridized carbons (Fsp3) is 0. The predicted octanol–water partition coefficient (Wildman–Crippen LogP) is 1.36. The monoisotopic (exact) mass is 425 g/mol. The van der Waals surface area contributed by atoms with Crippen molar-refractivity contribution in [3.05, 3.63) is 84.2 Å². The van der Waals surface area contributed by atoms with Gasteiger partial charge in [0.1, 0.15) is 0 Å². The molecule has 4 rings (SSSR count). The predicted molar refractivity (Wildman–Crippen MR) is 97.2 cm³/mol. The van der Waals surface area contributed by atoms with Crippen LogP contribution in [0.3, 0.4) is 0 Å². The number of aromatic nitrogens is 2. The Labute approximate surface area is 173 Å². The van der Waals surface area contributed by atoms with Crippen LogP contribution in [0.4, 0.5) is 0 Å². The summed E-state index contributed by atoms with van der Waals surface area (Å²) in [5, 5.41) is 22.8. The van der Waals surface area contributed by atoms with E-state index in [1.165, 1.54) is 12.1 Å². The minimum Gasteiger partial charge on any atom is -0.543 e. The molecule has 0 atom stereocenters. The van der Waals surface area contributed by atoms with Crippen LogP contribution in [0.2, 0.25) is 0 Å². The molecule has 0 unspecified atom stereocenters. The summed E-state index contributed by atoms with van der Waals surface area (Å²) in [6, 6.07) is 21.0. The molecule has 0 aliphatic carbocycles. The fourth-order valence-corrected chi connectivity index (χ4v) is 2.36. The van der Waals surface area contributed by atoms with Gasteiger partial charge in [0.2, 0.25) is 0 Å². The number of rotatable bonds is 2. The molecule has 7 nitrogen and oxygen atoms in total. The average Bonchev–Trinajstić information content (AvgIpc) is 2.67. The van der Waals surface area contributed by atoms with Gasteiger partial charge in [-0.3, -0.25) is 0 Å². The molecule has 4 aromatic rings. The number of pyridine rings is 2. The molecule has 0 saturated carbocycles. The van der Waals surface area contributed by atoms with Crippen LogP contribution in [0, 0.1) is 0 Å². The van der Waals surface area contributed by atoms with Gasteiger partial charge >= 0.3 is 19.5 Å². The Morgan fingerprint density at radius 3 is 1.32 bits per heavy atom. The zero-order chi connectivity index (χ0) is 18.5. The minimum atomic E-state index is -1.24. The van der Waals surface area contributed by atoms with Crippen LogP contribution in [0.5, 0.6) is 0 Å². The summed E-state index contributed by atoms with van der Waals surface area (Å²) in [5.74, 6) is -2.49. The summed E-state index contributed by atoms with van der Waals surface area (Å²) in [6.45, 7) is 0. The minimum absolute atomic E-state index is 0. The smallest absolute Gasteiger partial charge is 0.543 e. The molecule has 136 valence electrons. The van der Waals surface area contributed by atoms with E-state index in [0.717, 1.165) is 10.8 Å². The van der Waals surface area contributed by atoms with E-state index in [1.54, 1.807) is 24.3 Å². The molecule has 8 heteroatoms. The van der Waals surface area contributed by atoms with Gasteiger partial charge in [-0.1, -0.05) is 48.5 Å². The molecule has 0 amide bonds. The third-order valence-corrected chi connectivity index (χ3v) is 3.62. The van der Waals surface area contributed by atoms with Crippen LogP contribution in [-0.4, -0.2) is 21.9 Å². The second-order valence-electron chi connectivity index (χ2n) is 5.35. The Morgan fingerprint density at radius 1 is 0.607 bits per heavy atom. The molecule has 2 aromatic heterocycles. The summed E-state index contributed by atoms with van der Waals surface area (Å²) < 4.78 is 0. The molecular formula is C20H15N3O4Zn. The molecule has 0 saturated heterocycles. The van der Waals surface area contributed by atoms with Crippen molar-refractivity contribution in [1.82, 2.24) is 16.1 Å². The molecule has 2 aromatic carbocycles. The number of benzene rings is 2. The van der Waals surface area contributed by atoms with Gasteiger partial charge in [0.05, 0.1) is 34.4 Å². The summed E-state index contributed by atoms with van der Waals surface area (Å²) in [4.78, 5) is 28.8. The van der Waals surface area contributed by atoms with Crippen molar-refractivity contribution in [3.63, 3.8) is 0 Å². The first-order valence-electron chi connectivity index (χ1n) is 7.69. The molecule has 0 aliphatic rings. The van der Waals surface area contributed by atoms with Gasteiger partial charge in [-0.05, 0) is 24.3 Å². The second-order valence-corrected chi connectivity index (χ2v) is 5.35. The first-order valence-corrected chi connectivity index (χ1v) is 7.69. The van der Waals surface area contributed by atoms with Crippen molar-refractivity contribution in [2.45, 2.75) is 0 Å². The van der Waals surface area contributed by atoms with E-state index in [0.29, 0.717) is 11.0 Å². The first kappa shape index (κ1) is 22.8. The third-order valence-electron chi connectivity index (χ3n) is 3.62. The summed E-state index contributed by atoms with van der Waals surface area (Å²) in [5.41, 5.74) is 1.28. The van der Waals surface area contributed by atoms with Gasteiger partial charge in [-0.15, -0.1) is 0 Å². The molecule has 0 fully saturated rings. The second kappa shape index (κ2) is 10.2. The Bertz CT molecular complexity index is 1030. The summed E-state index contributed by atoms with van der Waals surface area (Å²) >= 11 is 0. The maximum absolute atomic E-state index is 10.5. The van der Waals surface area contributed by atoms with Crippen molar-refractivity contribution in [1.29, 1.82) is 0 Å². The number of nitrogens with zero attached hydrogens (tertiary/aromatic N) is 2. The normalized spacial score (nSPS) is 9.43. The zero-order valence-electron chi connectivity index (χ0n) is 14.9. The quantitative estimate of drug-likeness (QED) is 0.477. The molecule has 2 heterocycles. The number of carbonyl (C=O) groups is 2. The molecule has 0 radical (unpaired) electrons. The Hall–Kier alpha value is -3.22. The third kappa shape index (κ3) is 5.39. The van der Waals surface area contributed by atoms with Gasteiger partial charge in [-0.25, -0.2) is 9.97 Å². The van der Waals surface area contributed by atoms with E-state index in [9.17, 15) is 19.8 Å². The molecular weight excluding hydrogens is 412 g/mol. The number of carboxylic acid groups (broad SMARTS) is 2. The molecule has 3 N–H and O–H groups in total. The Balaban J connectivity index is 0.000000261. The number of para-hydroxylation sites is 2. The van der Waals surface area contributed by atoms with E-state index in [-0.39, 0.29) is 37.0 Å². The molecule has 0 bridgehead atoms. The Kier molecular flexibility index (Phi) is 8.32. The SMILES string of the molecule is N.O=C([O-])c1ccc2ccccc2n1.O=C([O-])c1ccc2ccccc2n1.[Zn+2]. The number of hydrogen-bond acceptors (Lipinski definition) is 7. The average molecular weight is 427 g/mol. The largest absolute Gasteiger partial charge is 2.00 e. The van der Waals surface area contributed by atoms with Crippen LogP contribution in [0.15, 0.2) is 72.8 Å². The van der Waals surface area contributed by atoms with Crippen molar-refractivity contribution < 1.29 is 39.3 Å². The summed E-state index contributed by atoms with van der Waals surface area (Å²) in [7, 11) is 0. The van der Waals surface area contributed by atoms with Crippen LogP contribution in [-0.2, 0) is 19.5 Å². The van der Waals surface area contributed by atoms with Crippen molar-refractivity contribution in [3.8, 4) is 0 Å². The van der Waals surface area contributed by atoms with Gasteiger partial charge in [-0.2, -0.15) is 0 Å².